The second-order valence-electron chi connectivity index (χ2n) is 4.13. The molecule has 100 valence electrons. The van der Waals surface area contributed by atoms with Gasteiger partial charge in [-0.25, -0.2) is 0 Å². The first kappa shape index (κ1) is 14.7. The van der Waals surface area contributed by atoms with Gasteiger partial charge >= 0.3 is 5.97 Å². The molecule has 1 unspecified atom stereocenters. The van der Waals surface area contributed by atoms with E-state index in [2.05, 4.69) is 0 Å². The number of ether oxygens (including phenoxy) is 1. The van der Waals surface area contributed by atoms with E-state index in [9.17, 15) is 13.2 Å². The summed E-state index contributed by atoms with van der Waals surface area (Å²) < 4.78 is 34.3. The van der Waals surface area contributed by atoms with E-state index in [1.165, 1.54) is 12.1 Å². The summed E-state index contributed by atoms with van der Waals surface area (Å²) in [4.78, 5) is 10.2. The predicted octanol–water partition coefficient (Wildman–Crippen LogP) is 1.95. The van der Waals surface area contributed by atoms with Gasteiger partial charge < -0.3 is 4.74 Å². The normalized spacial score (nSPS) is 18.8. The maximum atomic E-state index is 10.5. The lowest BCUT2D eigenvalue weighted by Gasteiger charge is -1.95. The van der Waals surface area contributed by atoms with Gasteiger partial charge in [0.25, 0.3) is 10.1 Å². The zero-order chi connectivity index (χ0) is 13.8. The van der Waals surface area contributed by atoms with Gasteiger partial charge in [0.1, 0.15) is 0 Å². The van der Waals surface area contributed by atoms with E-state index in [-0.39, 0.29) is 17.0 Å². The molecule has 0 saturated carbocycles. The predicted molar refractivity (Wildman–Crippen MR) is 65.8 cm³/mol. The van der Waals surface area contributed by atoms with Crippen molar-refractivity contribution >= 4 is 16.1 Å². The lowest BCUT2D eigenvalue weighted by molar-refractivity contribution is -0.140. The first-order valence-corrected chi connectivity index (χ1v) is 6.96. The van der Waals surface area contributed by atoms with Crippen molar-refractivity contribution in [3.63, 3.8) is 0 Å². The molecule has 0 spiro atoms. The molecule has 0 amide bonds. The molecule has 5 nitrogen and oxygen atoms in total. The van der Waals surface area contributed by atoms with Crippen LogP contribution in [0.5, 0.6) is 0 Å². The highest BCUT2D eigenvalue weighted by molar-refractivity contribution is 7.85. The zero-order valence-corrected chi connectivity index (χ0v) is 11.1. The molecule has 1 fully saturated rings. The van der Waals surface area contributed by atoms with Crippen LogP contribution in [0.25, 0.3) is 0 Å². The number of cyclic esters (lactones) is 1. The minimum absolute atomic E-state index is 0.0486. The number of hydrogen-bond donors (Lipinski definition) is 1. The Balaban J connectivity index is 0.000000199. The Morgan fingerprint density at radius 1 is 1.28 bits per heavy atom. The van der Waals surface area contributed by atoms with Crippen LogP contribution in [0.2, 0.25) is 0 Å². The van der Waals surface area contributed by atoms with E-state index in [0.29, 0.717) is 6.42 Å². The smallest absolute Gasteiger partial charge is 0.306 e. The van der Waals surface area contributed by atoms with Gasteiger partial charge in [-0.2, -0.15) is 8.42 Å². The van der Waals surface area contributed by atoms with Crippen molar-refractivity contribution in [2.75, 3.05) is 0 Å². The first-order valence-electron chi connectivity index (χ1n) is 5.52. The average Bonchev–Trinajstić information content (AvgIpc) is 2.62. The molecule has 1 atom stereocenters. The molecule has 1 aromatic carbocycles. The molecule has 6 heteroatoms. The molecule has 0 radical (unpaired) electrons. The SMILES string of the molecule is CC1CCC(=O)O1.Cc1ccc(S(=O)(=O)O)cc1. The van der Waals surface area contributed by atoms with Crippen LogP contribution in [0.3, 0.4) is 0 Å². The fourth-order valence-electron chi connectivity index (χ4n) is 1.37. The van der Waals surface area contributed by atoms with Crippen molar-refractivity contribution in [3.05, 3.63) is 29.8 Å². The lowest BCUT2D eigenvalue weighted by Crippen LogP contribution is -1.98. The van der Waals surface area contributed by atoms with Crippen LogP contribution in [-0.4, -0.2) is 25.0 Å². The molecule has 1 saturated heterocycles. The highest BCUT2D eigenvalue weighted by Crippen LogP contribution is 2.11. The van der Waals surface area contributed by atoms with Crippen molar-refractivity contribution < 1.29 is 22.5 Å². The molecule has 1 aliphatic heterocycles. The number of rotatable bonds is 1. The number of aryl methyl sites for hydroxylation is 1. The fourth-order valence-corrected chi connectivity index (χ4v) is 1.85. The zero-order valence-electron chi connectivity index (χ0n) is 10.3. The molecule has 0 bridgehead atoms. The van der Waals surface area contributed by atoms with Gasteiger partial charge in [0.15, 0.2) is 0 Å². The third-order valence-electron chi connectivity index (χ3n) is 2.41. The number of carbonyl (C=O) groups is 1. The standard InChI is InChI=1S/C7H8O3S.C5H8O2/c1-6-2-4-7(5-3-6)11(8,9)10;1-4-2-3-5(6)7-4/h2-5H,1H3,(H,8,9,10);4H,2-3H2,1H3. The van der Waals surface area contributed by atoms with E-state index in [1.807, 2.05) is 13.8 Å². The summed E-state index contributed by atoms with van der Waals surface area (Å²) in [5, 5.41) is 0. The quantitative estimate of drug-likeness (QED) is 0.624. The van der Waals surface area contributed by atoms with Crippen LogP contribution in [0, 0.1) is 6.92 Å². The Labute approximate surface area is 107 Å². The summed E-state index contributed by atoms with van der Waals surface area (Å²) >= 11 is 0. The van der Waals surface area contributed by atoms with Crippen LogP contribution < -0.4 is 0 Å². The molecule has 18 heavy (non-hydrogen) atoms. The number of hydrogen-bond acceptors (Lipinski definition) is 4. The van der Waals surface area contributed by atoms with Crippen LogP contribution in [0.4, 0.5) is 0 Å². The Hall–Kier alpha value is -1.40. The molecule has 1 aliphatic rings. The largest absolute Gasteiger partial charge is 0.463 e. The molecule has 1 heterocycles. The first-order chi connectivity index (χ1) is 8.29. The number of carbonyl (C=O) groups excluding carboxylic acids is 1. The summed E-state index contributed by atoms with van der Waals surface area (Å²) in [6, 6.07) is 5.99. The Morgan fingerprint density at radius 3 is 2.11 bits per heavy atom. The molecular weight excluding hydrogens is 256 g/mol. The van der Waals surface area contributed by atoms with Gasteiger partial charge in [0, 0.05) is 6.42 Å². The van der Waals surface area contributed by atoms with Gasteiger partial charge in [0.2, 0.25) is 0 Å². The van der Waals surface area contributed by atoms with Crippen molar-refractivity contribution in [2.24, 2.45) is 0 Å². The highest BCUT2D eigenvalue weighted by atomic mass is 32.2. The van der Waals surface area contributed by atoms with E-state index in [1.54, 1.807) is 12.1 Å². The Bertz CT molecular complexity index is 504. The molecular formula is C12H16O5S. The average molecular weight is 272 g/mol. The van der Waals surface area contributed by atoms with Gasteiger partial charge in [-0.3, -0.25) is 9.35 Å². The van der Waals surface area contributed by atoms with Crippen LogP contribution in [-0.2, 0) is 19.6 Å². The van der Waals surface area contributed by atoms with E-state index >= 15 is 0 Å². The number of benzene rings is 1. The summed E-state index contributed by atoms with van der Waals surface area (Å²) in [7, 11) is -4.02. The minimum Gasteiger partial charge on any atom is -0.463 e. The summed E-state index contributed by atoms with van der Waals surface area (Å²) in [6.07, 6.45) is 1.69. The van der Waals surface area contributed by atoms with Crippen molar-refractivity contribution in [1.29, 1.82) is 0 Å². The van der Waals surface area contributed by atoms with Crippen LogP contribution in [0.1, 0.15) is 25.3 Å². The topological polar surface area (TPSA) is 80.7 Å². The van der Waals surface area contributed by atoms with Crippen molar-refractivity contribution in [1.82, 2.24) is 0 Å². The monoisotopic (exact) mass is 272 g/mol. The minimum atomic E-state index is -4.02. The van der Waals surface area contributed by atoms with E-state index in [0.717, 1.165) is 12.0 Å². The molecule has 0 aliphatic carbocycles. The van der Waals surface area contributed by atoms with Gasteiger partial charge in [-0.15, -0.1) is 0 Å². The lowest BCUT2D eigenvalue weighted by atomic mass is 10.2. The summed E-state index contributed by atoms with van der Waals surface area (Å²) in [5.41, 5.74) is 0.956. The maximum absolute atomic E-state index is 10.5. The molecule has 1 N–H and O–H groups in total. The molecule has 0 aromatic heterocycles. The van der Waals surface area contributed by atoms with E-state index < -0.39 is 10.1 Å². The van der Waals surface area contributed by atoms with Crippen molar-refractivity contribution in [3.8, 4) is 0 Å². The Kier molecular flexibility index (Phi) is 4.86. The third-order valence-corrected chi connectivity index (χ3v) is 3.27. The van der Waals surface area contributed by atoms with Crippen LogP contribution >= 0.6 is 0 Å². The fraction of sp³-hybridized carbons (Fsp3) is 0.417. The van der Waals surface area contributed by atoms with Crippen molar-refractivity contribution in [2.45, 2.75) is 37.7 Å². The second-order valence-corrected chi connectivity index (χ2v) is 5.55. The second kappa shape index (κ2) is 5.97. The van der Waals surface area contributed by atoms with Gasteiger partial charge in [0.05, 0.1) is 11.0 Å². The number of esters is 1. The highest BCUT2D eigenvalue weighted by Gasteiger charge is 2.17. The van der Waals surface area contributed by atoms with E-state index in [4.69, 9.17) is 9.29 Å². The molecule has 2 rings (SSSR count). The third kappa shape index (κ3) is 4.85. The summed E-state index contributed by atoms with van der Waals surface area (Å²) in [6.45, 7) is 3.75. The van der Waals surface area contributed by atoms with Gasteiger partial charge in [-0.1, -0.05) is 17.7 Å². The summed E-state index contributed by atoms with van der Waals surface area (Å²) in [5.74, 6) is -0.0486. The maximum Gasteiger partial charge on any atom is 0.306 e. The van der Waals surface area contributed by atoms with Crippen LogP contribution in [0.15, 0.2) is 29.2 Å². The molecule has 1 aromatic rings. The van der Waals surface area contributed by atoms with Gasteiger partial charge in [-0.05, 0) is 32.4 Å². The Morgan fingerprint density at radius 2 is 1.83 bits per heavy atom.